The number of rotatable bonds is 16. The van der Waals surface area contributed by atoms with Gasteiger partial charge in [-0.15, -0.1) is 0 Å². The number of nitrogens with one attached hydrogen (secondary N) is 3. The van der Waals surface area contributed by atoms with Gasteiger partial charge in [-0.05, 0) is 61.9 Å². The molecule has 3 atom stereocenters. The van der Waals surface area contributed by atoms with E-state index in [2.05, 4.69) is 16.0 Å². The molecule has 0 bridgehead atoms. The number of hydrogen-bond donors (Lipinski definition) is 7. The van der Waals surface area contributed by atoms with Crippen LogP contribution in [-0.2, 0) is 25.6 Å². The maximum Gasteiger partial charge on any atom is 0.326 e. The molecule has 12 heteroatoms. The first kappa shape index (κ1) is 29.2. The molecule has 0 saturated heterocycles. The first-order valence-electron chi connectivity index (χ1n) is 11.0. The summed E-state index contributed by atoms with van der Waals surface area (Å²) in [7, 11) is 0. The number of carboxylic acid groups (broad SMARTS) is 1. The summed E-state index contributed by atoms with van der Waals surface area (Å²) in [5.74, 6) is -2.33. The molecule has 190 valence electrons. The zero-order chi connectivity index (χ0) is 25.5. The fraction of sp³-hybridized carbons (Fsp3) is 0.545. The van der Waals surface area contributed by atoms with Gasteiger partial charge < -0.3 is 37.6 Å². The van der Waals surface area contributed by atoms with Gasteiger partial charge in [-0.2, -0.15) is 11.8 Å². The molecule has 1 rings (SSSR count). The van der Waals surface area contributed by atoms with Crippen molar-refractivity contribution < 1.29 is 29.4 Å². The number of carbonyl (C=O) groups excluding carboxylic acids is 3. The van der Waals surface area contributed by atoms with Crippen molar-refractivity contribution in [3.8, 4) is 5.75 Å². The van der Waals surface area contributed by atoms with Crippen LogP contribution in [0.25, 0.3) is 0 Å². The number of hydrogen-bond acceptors (Lipinski definition) is 8. The molecule has 1 aromatic rings. The molecule has 11 nitrogen and oxygen atoms in total. The van der Waals surface area contributed by atoms with Crippen molar-refractivity contribution in [1.29, 1.82) is 0 Å². The Balaban J connectivity index is 2.97. The minimum Gasteiger partial charge on any atom is -0.508 e. The van der Waals surface area contributed by atoms with Crippen LogP contribution in [0.15, 0.2) is 24.3 Å². The number of aliphatic carboxylic acids is 1. The predicted octanol–water partition coefficient (Wildman–Crippen LogP) is -0.685. The Kier molecular flexibility index (Phi) is 13.7. The lowest BCUT2D eigenvalue weighted by Crippen LogP contribution is -2.56. The minimum atomic E-state index is -1.17. The Morgan fingerprint density at radius 3 is 2.09 bits per heavy atom. The average molecular weight is 498 g/mol. The SMILES string of the molecule is CSCCC(NC(=O)C(Cc1ccc(O)cc1)NC(=O)CN)C(=O)NC(CCCCN)C(=O)O. The zero-order valence-electron chi connectivity index (χ0n) is 19.3. The van der Waals surface area contributed by atoms with Crippen LogP contribution in [-0.4, -0.2) is 77.1 Å². The number of phenolic OH excluding ortho intramolecular Hbond substituents is 1. The van der Waals surface area contributed by atoms with Gasteiger partial charge in [0.2, 0.25) is 17.7 Å². The number of carbonyl (C=O) groups is 4. The summed E-state index contributed by atoms with van der Waals surface area (Å²) >= 11 is 1.47. The Bertz CT molecular complexity index is 807. The normalized spacial score (nSPS) is 13.4. The van der Waals surface area contributed by atoms with Crippen LogP contribution in [0, 0.1) is 0 Å². The van der Waals surface area contributed by atoms with Gasteiger partial charge in [0.15, 0.2) is 0 Å². The monoisotopic (exact) mass is 497 g/mol. The fourth-order valence-electron chi connectivity index (χ4n) is 3.13. The molecule has 9 N–H and O–H groups in total. The predicted molar refractivity (Wildman–Crippen MR) is 130 cm³/mol. The molecule has 0 aliphatic heterocycles. The van der Waals surface area contributed by atoms with Crippen molar-refractivity contribution in [2.75, 3.05) is 25.1 Å². The average Bonchev–Trinajstić information content (AvgIpc) is 2.81. The number of aromatic hydroxyl groups is 1. The van der Waals surface area contributed by atoms with Crippen molar-refractivity contribution in [3.63, 3.8) is 0 Å². The smallest absolute Gasteiger partial charge is 0.326 e. The molecule has 34 heavy (non-hydrogen) atoms. The molecular formula is C22H35N5O6S. The second-order valence-electron chi connectivity index (χ2n) is 7.72. The minimum absolute atomic E-state index is 0.0593. The lowest BCUT2D eigenvalue weighted by molar-refractivity contribution is -0.142. The zero-order valence-corrected chi connectivity index (χ0v) is 20.1. The van der Waals surface area contributed by atoms with Gasteiger partial charge in [-0.1, -0.05) is 12.1 Å². The highest BCUT2D eigenvalue weighted by Crippen LogP contribution is 2.12. The second-order valence-corrected chi connectivity index (χ2v) is 8.71. The van der Waals surface area contributed by atoms with Crippen LogP contribution in [0.3, 0.4) is 0 Å². The van der Waals surface area contributed by atoms with E-state index in [0.29, 0.717) is 30.7 Å². The number of benzene rings is 1. The topological polar surface area (TPSA) is 197 Å². The van der Waals surface area contributed by atoms with Crippen molar-refractivity contribution in [3.05, 3.63) is 29.8 Å². The third-order valence-corrected chi connectivity index (χ3v) is 5.66. The van der Waals surface area contributed by atoms with Gasteiger partial charge in [0.25, 0.3) is 0 Å². The Hall–Kier alpha value is -2.83. The number of nitrogens with two attached hydrogens (primary N) is 2. The van der Waals surface area contributed by atoms with Gasteiger partial charge in [0.05, 0.1) is 6.54 Å². The third-order valence-electron chi connectivity index (χ3n) is 5.02. The molecule has 0 radical (unpaired) electrons. The van der Waals surface area contributed by atoms with E-state index in [9.17, 15) is 29.4 Å². The summed E-state index contributed by atoms with van der Waals surface area (Å²) in [6, 6.07) is 3.03. The van der Waals surface area contributed by atoms with Crippen LogP contribution in [0.4, 0.5) is 0 Å². The second kappa shape index (κ2) is 15.9. The molecule has 0 heterocycles. The Labute approximate surface area is 203 Å². The maximum atomic E-state index is 13.0. The summed E-state index contributed by atoms with van der Waals surface area (Å²) in [5.41, 5.74) is 11.5. The quantitative estimate of drug-likeness (QED) is 0.145. The number of phenols is 1. The lowest BCUT2D eigenvalue weighted by atomic mass is 10.0. The maximum absolute atomic E-state index is 13.0. The van der Waals surface area contributed by atoms with E-state index in [1.165, 1.54) is 23.9 Å². The van der Waals surface area contributed by atoms with Crippen LogP contribution in [0.2, 0.25) is 0 Å². The van der Waals surface area contributed by atoms with Crippen molar-refractivity contribution in [2.45, 2.75) is 50.2 Å². The van der Waals surface area contributed by atoms with Crippen LogP contribution in [0.1, 0.15) is 31.2 Å². The van der Waals surface area contributed by atoms with E-state index in [0.717, 1.165) is 0 Å². The Morgan fingerprint density at radius 1 is 0.912 bits per heavy atom. The molecular weight excluding hydrogens is 462 g/mol. The molecule has 0 aliphatic carbocycles. The van der Waals surface area contributed by atoms with Gasteiger partial charge in [-0.3, -0.25) is 14.4 Å². The molecule has 0 fully saturated rings. The molecule has 3 unspecified atom stereocenters. The van der Waals surface area contributed by atoms with Crippen LogP contribution < -0.4 is 27.4 Å². The van der Waals surface area contributed by atoms with E-state index < -0.39 is 41.8 Å². The molecule has 1 aromatic carbocycles. The summed E-state index contributed by atoms with van der Waals surface area (Å²) in [6.07, 6.45) is 3.61. The molecule has 0 aliphatic rings. The van der Waals surface area contributed by atoms with Crippen LogP contribution >= 0.6 is 11.8 Å². The highest BCUT2D eigenvalue weighted by atomic mass is 32.2. The van der Waals surface area contributed by atoms with E-state index >= 15 is 0 Å². The molecule has 0 aromatic heterocycles. The number of unbranched alkanes of at least 4 members (excludes halogenated alkanes) is 1. The van der Waals surface area contributed by atoms with Crippen molar-refractivity contribution >= 4 is 35.5 Å². The van der Waals surface area contributed by atoms with Gasteiger partial charge in [-0.25, -0.2) is 4.79 Å². The molecule has 0 spiro atoms. The van der Waals surface area contributed by atoms with Gasteiger partial charge in [0, 0.05) is 6.42 Å². The van der Waals surface area contributed by atoms with E-state index in [4.69, 9.17) is 11.5 Å². The summed E-state index contributed by atoms with van der Waals surface area (Å²) < 4.78 is 0. The summed E-state index contributed by atoms with van der Waals surface area (Å²) in [6.45, 7) is 0.0997. The van der Waals surface area contributed by atoms with E-state index in [1.807, 2.05) is 6.26 Å². The first-order chi connectivity index (χ1) is 16.2. The highest BCUT2D eigenvalue weighted by Gasteiger charge is 2.29. The lowest BCUT2D eigenvalue weighted by Gasteiger charge is -2.24. The fourth-order valence-corrected chi connectivity index (χ4v) is 3.60. The third kappa shape index (κ3) is 10.9. The van der Waals surface area contributed by atoms with Gasteiger partial charge >= 0.3 is 5.97 Å². The molecule has 0 saturated carbocycles. The largest absolute Gasteiger partial charge is 0.508 e. The Morgan fingerprint density at radius 2 is 1.53 bits per heavy atom. The summed E-state index contributed by atoms with van der Waals surface area (Å²) in [4.78, 5) is 49.4. The van der Waals surface area contributed by atoms with Crippen molar-refractivity contribution in [1.82, 2.24) is 16.0 Å². The summed E-state index contributed by atoms with van der Waals surface area (Å²) in [5, 5.41) is 26.6. The number of thioether (sulfide) groups is 1. The van der Waals surface area contributed by atoms with E-state index in [-0.39, 0.29) is 31.6 Å². The van der Waals surface area contributed by atoms with Gasteiger partial charge in [0.1, 0.15) is 23.9 Å². The standard InChI is InChI=1S/C22H35N5O6S/c1-34-11-9-16(20(30)27-17(22(32)33)4-2-3-10-23)26-21(31)18(25-19(29)13-24)12-14-5-7-15(28)8-6-14/h5-8,16-18,28H,2-4,9-13,23-24H2,1H3,(H,25,29)(H,26,31)(H,27,30)(H,32,33). The number of amides is 3. The highest BCUT2D eigenvalue weighted by molar-refractivity contribution is 7.98. The van der Waals surface area contributed by atoms with Crippen LogP contribution in [0.5, 0.6) is 5.75 Å². The number of carboxylic acids is 1. The van der Waals surface area contributed by atoms with E-state index in [1.54, 1.807) is 12.1 Å². The molecule has 3 amide bonds. The first-order valence-corrected chi connectivity index (χ1v) is 12.4. The van der Waals surface area contributed by atoms with Crippen molar-refractivity contribution in [2.24, 2.45) is 11.5 Å².